The van der Waals surface area contributed by atoms with E-state index < -0.39 is 0 Å². The lowest BCUT2D eigenvalue weighted by molar-refractivity contribution is 0.112. The molecule has 3 heteroatoms. The quantitative estimate of drug-likeness (QED) is 0.681. The Hall–Kier alpha value is -1.61. The molecule has 0 aliphatic heterocycles. The fourth-order valence-electron chi connectivity index (χ4n) is 0.975. The molecule has 0 spiro atoms. The Balaban J connectivity index is 3.03. The van der Waals surface area contributed by atoms with E-state index in [4.69, 9.17) is 5.73 Å². The Kier molecular flexibility index (Phi) is 3.23. The van der Waals surface area contributed by atoms with Gasteiger partial charge in [-0.1, -0.05) is 12.2 Å². The van der Waals surface area contributed by atoms with E-state index in [1.54, 1.807) is 24.3 Å². The summed E-state index contributed by atoms with van der Waals surface area (Å²) in [5, 5.41) is 9.35. The Labute approximate surface area is 76.5 Å². The summed E-state index contributed by atoms with van der Waals surface area (Å²) in [6.07, 6.45) is 4.13. The van der Waals surface area contributed by atoms with Crippen LogP contribution in [0.1, 0.15) is 15.9 Å². The van der Waals surface area contributed by atoms with E-state index in [0.717, 1.165) is 6.29 Å². The lowest BCUT2D eigenvalue weighted by atomic mass is 10.1. The molecule has 0 heterocycles. The fraction of sp³-hybridized carbons (Fsp3) is 0.100. The number of phenols is 1. The zero-order chi connectivity index (χ0) is 9.68. The molecule has 0 aromatic heterocycles. The standard InChI is InChI=1S/C10H11NO2/c11-5-1-2-9-6-8(7-12)3-4-10(9)13/h1-4,6-7,13H,5,11H2. The number of carbonyl (C=O) groups is 1. The van der Waals surface area contributed by atoms with E-state index >= 15 is 0 Å². The zero-order valence-corrected chi connectivity index (χ0v) is 7.10. The summed E-state index contributed by atoms with van der Waals surface area (Å²) >= 11 is 0. The van der Waals surface area contributed by atoms with E-state index in [0.29, 0.717) is 17.7 Å². The largest absolute Gasteiger partial charge is 0.507 e. The molecule has 1 aromatic carbocycles. The molecule has 1 aromatic rings. The maximum Gasteiger partial charge on any atom is 0.150 e. The molecule has 0 aliphatic rings. The van der Waals surface area contributed by atoms with Gasteiger partial charge in [-0.25, -0.2) is 0 Å². The first-order valence-electron chi connectivity index (χ1n) is 3.92. The molecule has 0 fully saturated rings. The molecule has 0 unspecified atom stereocenters. The van der Waals surface area contributed by atoms with Crippen LogP contribution in [-0.2, 0) is 0 Å². The minimum absolute atomic E-state index is 0.148. The molecule has 0 radical (unpaired) electrons. The number of benzene rings is 1. The van der Waals surface area contributed by atoms with Crippen LogP contribution in [0.25, 0.3) is 6.08 Å². The van der Waals surface area contributed by atoms with E-state index in [1.807, 2.05) is 0 Å². The average Bonchev–Trinajstić information content (AvgIpc) is 2.17. The second-order valence-electron chi connectivity index (χ2n) is 2.57. The summed E-state index contributed by atoms with van der Waals surface area (Å²) < 4.78 is 0. The number of aromatic hydroxyl groups is 1. The molecule has 13 heavy (non-hydrogen) atoms. The van der Waals surface area contributed by atoms with Crippen molar-refractivity contribution in [2.45, 2.75) is 0 Å². The highest BCUT2D eigenvalue weighted by atomic mass is 16.3. The summed E-state index contributed by atoms with van der Waals surface area (Å²) in [7, 11) is 0. The third-order valence-corrected chi connectivity index (χ3v) is 1.62. The number of nitrogens with two attached hydrogens (primary N) is 1. The Morgan fingerprint density at radius 1 is 1.46 bits per heavy atom. The van der Waals surface area contributed by atoms with Crippen LogP contribution in [0.15, 0.2) is 24.3 Å². The van der Waals surface area contributed by atoms with Crippen molar-refractivity contribution < 1.29 is 9.90 Å². The maximum absolute atomic E-state index is 10.4. The van der Waals surface area contributed by atoms with E-state index in [-0.39, 0.29) is 5.75 Å². The number of phenolic OH excluding ortho intramolecular Hbond substituents is 1. The van der Waals surface area contributed by atoms with Gasteiger partial charge in [-0.15, -0.1) is 0 Å². The third kappa shape index (κ3) is 2.42. The van der Waals surface area contributed by atoms with E-state index in [9.17, 15) is 9.90 Å². The summed E-state index contributed by atoms with van der Waals surface area (Å²) in [5.74, 6) is 0.148. The minimum Gasteiger partial charge on any atom is -0.507 e. The van der Waals surface area contributed by atoms with Gasteiger partial charge in [-0.3, -0.25) is 4.79 Å². The molecule has 0 amide bonds. The fourth-order valence-corrected chi connectivity index (χ4v) is 0.975. The van der Waals surface area contributed by atoms with Crippen molar-refractivity contribution in [2.75, 3.05) is 6.54 Å². The first-order valence-corrected chi connectivity index (χ1v) is 3.92. The maximum atomic E-state index is 10.4. The number of hydrogen-bond donors (Lipinski definition) is 2. The van der Waals surface area contributed by atoms with Crippen LogP contribution in [0.2, 0.25) is 0 Å². The number of carbonyl (C=O) groups excluding carboxylic acids is 1. The molecule has 0 saturated carbocycles. The highest BCUT2D eigenvalue weighted by molar-refractivity contribution is 5.77. The molecule has 0 saturated heterocycles. The predicted octanol–water partition coefficient (Wildman–Crippen LogP) is 1.18. The lowest BCUT2D eigenvalue weighted by Crippen LogP contribution is -1.92. The third-order valence-electron chi connectivity index (χ3n) is 1.62. The van der Waals surface area contributed by atoms with Gasteiger partial charge in [0.05, 0.1) is 0 Å². The van der Waals surface area contributed by atoms with Crippen molar-refractivity contribution in [3.63, 3.8) is 0 Å². The van der Waals surface area contributed by atoms with Gasteiger partial charge in [-0.05, 0) is 18.2 Å². The van der Waals surface area contributed by atoms with Crippen LogP contribution < -0.4 is 5.73 Å². The highest BCUT2D eigenvalue weighted by Gasteiger charge is 1.97. The molecule has 3 N–H and O–H groups in total. The SMILES string of the molecule is NCC=Cc1cc(C=O)ccc1O. The molecular weight excluding hydrogens is 166 g/mol. The number of rotatable bonds is 3. The molecule has 68 valence electrons. The Morgan fingerprint density at radius 2 is 2.23 bits per heavy atom. The highest BCUT2D eigenvalue weighted by Crippen LogP contribution is 2.18. The van der Waals surface area contributed by atoms with E-state index in [1.165, 1.54) is 6.07 Å². The van der Waals surface area contributed by atoms with Crippen molar-refractivity contribution in [1.82, 2.24) is 0 Å². The topological polar surface area (TPSA) is 63.3 Å². The second-order valence-corrected chi connectivity index (χ2v) is 2.57. The van der Waals surface area contributed by atoms with Gasteiger partial charge in [0.15, 0.2) is 0 Å². The normalized spacial score (nSPS) is 10.5. The average molecular weight is 177 g/mol. The van der Waals surface area contributed by atoms with Crippen LogP contribution in [0.4, 0.5) is 0 Å². The van der Waals surface area contributed by atoms with Gasteiger partial charge in [0.1, 0.15) is 12.0 Å². The summed E-state index contributed by atoms with van der Waals surface area (Å²) in [6.45, 7) is 0.407. The number of hydrogen-bond acceptors (Lipinski definition) is 3. The minimum atomic E-state index is 0.148. The first kappa shape index (κ1) is 9.48. The van der Waals surface area contributed by atoms with Crippen molar-refractivity contribution in [2.24, 2.45) is 5.73 Å². The monoisotopic (exact) mass is 177 g/mol. The smallest absolute Gasteiger partial charge is 0.150 e. The zero-order valence-electron chi connectivity index (χ0n) is 7.10. The van der Waals surface area contributed by atoms with Crippen molar-refractivity contribution in [3.8, 4) is 5.75 Å². The molecule has 3 nitrogen and oxygen atoms in total. The van der Waals surface area contributed by atoms with Gasteiger partial charge in [0.2, 0.25) is 0 Å². The summed E-state index contributed by atoms with van der Waals surface area (Å²) in [5.41, 5.74) is 6.40. The predicted molar refractivity (Wildman–Crippen MR) is 51.6 cm³/mol. The van der Waals surface area contributed by atoms with Gasteiger partial charge in [-0.2, -0.15) is 0 Å². The Bertz CT molecular complexity index is 332. The molecular formula is C10H11NO2. The van der Waals surface area contributed by atoms with Crippen LogP contribution >= 0.6 is 0 Å². The van der Waals surface area contributed by atoms with Crippen molar-refractivity contribution in [1.29, 1.82) is 0 Å². The van der Waals surface area contributed by atoms with Gasteiger partial charge < -0.3 is 10.8 Å². The molecule has 0 bridgehead atoms. The number of aldehydes is 1. The van der Waals surface area contributed by atoms with Crippen LogP contribution in [0.5, 0.6) is 5.75 Å². The Morgan fingerprint density at radius 3 is 2.85 bits per heavy atom. The van der Waals surface area contributed by atoms with Gasteiger partial charge >= 0.3 is 0 Å². The van der Waals surface area contributed by atoms with Gasteiger partial charge in [0.25, 0.3) is 0 Å². The van der Waals surface area contributed by atoms with Crippen molar-refractivity contribution in [3.05, 3.63) is 35.4 Å². The first-order chi connectivity index (χ1) is 6.27. The summed E-state index contributed by atoms with van der Waals surface area (Å²) in [6, 6.07) is 4.65. The summed E-state index contributed by atoms with van der Waals surface area (Å²) in [4.78, 5) is 10.4. The lowest BCUT2D eigenvalue weighted by Gasteiger charge is -1.98. The molecule has 0 atom stereocenters. The molecule has 1 rings (SSSR count). The van der Waals surface area contributed by atoms with Crippen LogP contribution in [-0.4, -0.2) is 17.9 Å². The van der Waals surface area contributed by atoms with Crippen molar-refractivity contribution >= 4 is 12.4 Å². The van der Waals surface area contributed by atoms with Crippen LogP contribution in [0, 0.1) is 0 Å². The second kappa shape index (κ2) is 4.42. The van der Waals surface area contributed by atoms with E-state index in [2.05, 4.69) is 0 Å². The van der Waals surface area contributed by atoms with Crippen LogP contribution in [0.3, 0.4) is 0 Å². The van der Waals surface area contributed by atoms with Gasteiger partial charge in [0, 0.05) is 17.7 Å². The molecule has 0 aliphatic carbocycles.